The van der Waals surface area contributed by atoms with Gasteiger partial charge in [0, 0.05) is 5.92 Å². The second-order valence-corrected chi connectivity index (χ2v) is 14.1. The van der Waals surface area contributed by atoms with Crippen molar-refractivity contribution in [2.24, 2.45) is 0 Å². The Morgan fingerprint density at radius 3 is 1.49 bits per heavy atom. The zero-order chi connectivity index (χ0) is 32.4. The standard InChI is InChI=1S/C45H60/c1-9-22-38-39(23-10-2)44(42(34(7)8)41(33(5)6)43(38)36-26-18-14-19-27-36)40(35-24-16-13-17-25-35)32-45(30-11-3,31-12-4)37-28-20-15-21-29-37/h13-21,24-29,33-34,40H,9-12,22-23,30-32H2,1-8H3. The maximum Gasteiger partial charge on any atom is 0.0104 e. The predicted octanol–water partition coefficient (Wildman–Crippen LogP) is 13.6. The topological polar surface area (TPSA) is 0 Å². The van der Waals surface area contributed by atoms with E-state index in [2.05, 4.69) is 146 Å². The molecule has 4 rings (SSSR count). The van der Waals surface area contributed by atoms with Crippen LogP contribution in [0.3, 0.4) is 0 Å². The van der Waals surface area contributed by atoms with E-state index in [0.29, 0.717) is 17.8 Å². The van der Waals surface area contributed by atoms with E-state index < -0.39 is 0 Å². The Balaban J connectivity index is 2.19. The summed E-state index contributed by atoms with van der Waals surface area (Å²) < 4.78 is 0. The second-order valence-electron chi connectivity index (χ2n) is 14.1. The van der Waals surface area contributed by atoms with Gasteiger partial charge in [0.15, 0.2) is 0 Å². The lowest BCUT2D eigenvalue weighted by Crippen LogP contribution is -2.30. The minimum absolute atomic E-state index is 0.129. The van der Waals surface area contributed by atoms with E-state index in [4.69, 9.17) is 0 Å². The van der Waals surface area contributed by atoms with Crippen LogP contribution in [0.5, 0.6) is 0 Å². The Kier molecular flexibility index (Phi) is 12.7. The summed E-state index contributed by atoms with van der Waals surface area (Å²) in [6.45, 7) is 19.3. The molecule has 1 atom stereocenters. The van der Waals surface area contributed by atoms with Gasteiger partial charge in [-0.05, 0) is 99.4 Å². The van der Waals surface area contributed by atoms with Crippen LogP contribution in [0.2, 0.25) is 0 Å². The van der Waals surface area contributed by atoms with E-state index in [1.54, 1.807) is 27.8 Å². The Hall–Kier alpha value is -3.12. The molecular formula is C45H60. The van der Waals surface area contributed by atoms with Gasteiger partial charge in [0.1, 0.15) is 0 Å². The van der Waals surface area contributed by atoms with Crippen LogP contribution in [-0.2, 0) is 18.3 Å². The normalized spacial score (nSPS) is 12.7. The third kappa shape index (κ3) is 7.65. The summed E-state index contributed by atoms with van der Waals surface area (Å²) in [5.74, 6) is 1.20. The van der Waals surface area contributed by atoms with Gasteiger partial charge in [-0.1, -0.05) is 172 Å². The predicted molar refractivity (Wildman–Crippen MR) is 199 cm³/mol. The third-order valence-electron chi connectivity index (χ3n) is 10.0. The molecule has 0 saturated carbocycles. The van der Waals surface area contributed by atoms with Crippen LogP contribution < -0.4 is 0 Å². The van der Waals surface area contributed by atoms with E-state index in [9.17, 15) is 0 Å². The SMILES string of the molecule is CCCc1c(CCC)c(C(CC(CCC)(CCC)c2ccccc2)c2ccccc2)c(C(C)C)c(C(C)C)c1-c1ccccc1. The highest BCUT2D eigenvalue weighted by molar-refractivity contribution is 5.77. The van der Waals surface area contributed by atoms with Crippen LogP contribution in [0.1, 0.15) is 157 Å². The molecule has 45 heavy (non-hydrogen) atoms. The molecule has 1 unspecified atom stereocenters. The van der Waals surface area contributed by atoms with Gasteiger partial charge in [-0.25, -0.2) is 0 Å². The summed E-state index contributed by atoms with van der Waals surface area (Å²) >= 11 is 0. The highest BCUT2D eigenvalue weighted by Gasteiger charge is 2.38. The van der Waals surface area contributed by atoms with Crippen LogP contribution in [0.4, 0.5) is 0 Å². The van der Waals surface area contributed by atoms with E-state index in [1.165, 1.54) is 47.9 Å². The fourth-order valence-corrected chi connectivity index (χ4v) is 8.48. The second kappa shape index (κ2) is 16.4. The van der Waals surface area contributed by atoms with Gasteiger partial charge in [-0.15, -0.1) is 0 Å². The van der Waals surface area contributed by atoms with Crippen LogP contribution in [0.25, 0.3) is 11.1 Å². The number of hydrogen-bond acceptors (Lipinski definition) is 0. The zero-order valence-electron chi connectivity index (χ0n) is 29.8. The summed E-state index contributed by atoms with van der Waals surface area (Å²) in [5, 5.41) is 0. The molecule has 0 fully saturated rings. The molecule has 0 N–H and O–H groups in total. The molecule has 0 spiro atoms. The van der Waals surface area contributed by atoms with E-state index in [1.807, 2.05) is 0 Å². The first-order valence-electron chi connectivity index (χ1n) is 18.2. The summed E-state index contributed by atoms with van der Waals surface area (Å²) in [6, 6.07) is 34.5. The first-order chi connectivity index (χ1) is 21.8. The van der Waals surface area contributed by atoms with Gasteiger partial charge in [0.2, 0.25) is 0 Å². The molecule has 0 aromatic heterocycles. The van der Waals surface area contributed by atoms with Gasteiger partial charge in [0.05, 0.1) is 0 Å². The summed E-state index contributed by atoms with van der Waals surface area (Å²) in [4.78, 5) is 0. The quantitative estimate of drug-likeness (QED) is 0.120. The van der Waals surface area contributed by atoms with Crippen LogP contribution in [0, 0.1) is 0 Å². The lowest BCUT2D eigenvalue weighted by molar-refractivity contribution is 0.315. The molecule has 0 aliphatic heterocycles. The van der Waals surface area contributed by atoms with Gasteiger partial charge in [-0.2, -0.15) is 0 Å². The molecular weight excluding hydrogens is 540 g/mol. The number of rotatable bonds is 16. The molecule has 0 amide bonds. The van der Waals surface area contributed by atoms with Crippen LogP contribution >= 0.6 is 0 Å². The van der Waals surface area contributed by atoms with Crippen molar-refractivity contribution in [3.8, 4) is 11.1 Å². The fraction of sp³-hybridized carbons (Fsp3) is 0.467. The molecule has 0 radical (unpaired) electrons. The minimum Gasteiger partial charge on any atom is -0.0654 e. The molecule has 240 valence electrons. The van der Waals surface area contributed by atoms with E-state index in [0.717, 1.165) is 32.1 Å². The molecule has 4 aromatic carbocycles. The van der Waals surface area contributed by atoms with Crippen molar-refractivity contribution in [2.75, 3.05) is 0 Å². The lowest BCUT2D eigenvalue weighted by Gasteiger charge is -2.41. The van der Waals surface area contributed by atoms with Crippen molar-refractivity contribution in [1.29, 1.82) is 0 Å². The number of benzene rings is 4. The Morgan fingerprint density at radius 1 is 0.511 bits per heavy atom. The summed E-state index contributed by atoms with van der Waals surface area (Å²) in [7, 11) is 0. The van der Waals surface area contributed by atoms with Gasteiger partial charge in [0.25, 0.3) is 0 Å². The molecule has 0 nitrogen and oxygen atoms in total. The van der Waals surface area contributed by atoms with Crippen molar-refractivity contribution in [1.82, 2.24) is 0 Å². The van der Waals surface area contributed by atoms with Crippen molar-refractivity contribution < 1.29 is 0 Å². The third-order valence-corrected chi connectivity index (χ3v) is 10.0. The van der Waals surface area contributed by atoms with Crippen molar-refractivity contribution in [3.63, 3.8) is 0 Å². The molecule has 0 aliphatic rings. The van der Waals surface area contributed by atoms with Crippen LogP contribution in [-0.4, -0.2) is 0 Å². The summed E-state index contributed by atoms with van der Waals surface area (Å²) in [5.41, 5.74) is 14.2. The average molecular weight is 601 g/mol. The van der Waals surface area contributed by atoms with Gasteiger partial charge >= 0.3 is 0 Å². The first kappa shape index (κ1) is 34.7. The van der Waals surface area contributed by atoms with Gasteiger partial charge in [-0.3, -0.25) is 0 Å². The smallest absolute Gasteiger partial charge is 0.0104 e. The molecule has 4 aromatic rings. The van der Waals surface area contributed by atoms with Crippen molar-refractivity contribution in [3.05, 3.63) is 130 Å². The molecule has 0 bridgehead atoms. The zero-order valence-corrected chi connectivity index (χ0v) is 29.8. The van der Waals surface area contributed by atoms with E-state index in [-0.39, 0.29) is 5.41 Å². The van der Waals surface area contributed by atoms with E-state index >= 15 is 0 Å². The maximum absolute atomic E-state index is 2.46. The molecule has 0 heterocycles. The number of hydrogen-bond donors (Lipinski definition) is 0. The fourth-order valence-electron chi connectivity index (χ4n) is 8.48. The first-order valence-corrected chi connectivity index (χ1v) is 18.2. The largest absolute Gasteiger partial charge is 0.0654 e. The Morgan fingerprint density at radius 2 is 1.00 bits per heavy atom. The minimum atomic E-state index is 0.129. The highest BCUT2D eigenvalue weighted by Crippen LogP contribution is 2.51. The van der Waals surface area contributed by atoms with Crippen molar-refractivity contribution >= 4 is 0 Å². The Bertz CT molecular complexity index is 1440. The molecule has 0 aliphatic carbocycles. The molecule has 0 heteroatoms. The molecule has 0 saturated heterocycles. The Labute approximate surface area is 276 Å². The highest BCUT2D eigenvalue weighted by atomic mass is 14.4. The van der Waals surface area contributed by atoms with Crippen molar-refractivity contribution in [2.45, 2.75) is 136 Å². The lowest BCUT2D eigenvalue weighted by atomic mass is 9.63. The monoisotopic (exact) mass is 600 g/mol. The summed E-state index contributed by atoms with van der Waals surface area (Å²) in [6.07, 6.45) is 10.5. The van der Waals surface area contributed by atoms with Crippen LogP contribution in [0.15, 0.2) is 91.0 Å². The average Bonchev–Trinajstić information content (AvgIpc) is 3.05. The maximum atomic E-state index is 2.46. The van der Waals surface area contributed by atoms with Gasteiger partial charge < -0.3 is 0 Å².